The van der Waals surface area contributed by atoms with Gasteiger partial charge < -0.3 is 10.4 Å². The highest BCUT2D eigenvalue weighted by atomic mass is 16.4. The molecule has 122 valence electrons. The van der Waals surface area contributed by atoms with Gasteiger partial charge in [0.2, 0.25) is 5.91 Å². The standard InChI is InChI=1S/C16H30N2O3/c1-11(2)6-5-7-13(4)17-14(19)10-18-9-8-12(3)15(18)16(20)21/h11-13,15H,5-10H2,1-4H3,(H,17,19)(H,20,21). The van der Waals surface area contributed by atoms with Gasteiger partial charge in [0.25, 0.3) is 0 Å². The second-order valence-corrected chi connectivity index (χ2v) is 6.81. The van der Waals surface area contributed by atoms with Crippen molar-refractivity contribution in [3.05, 3.63) is 0 Å². The summed E-state index contributed by atoms with van der Waals surface area (Å²) in [6.45, 7) is 9.22. The average Bonchev–Trinajstić information content (AvgIpc) is 2.69. The summed E-state index contributed by atoms with van der Waals surface area (Å²) in [6.07, 6.45) is 4.10. The zero-order chi connectivity index (χ0) is 16.0. The zero-order valence-electron chi connectivity index (χ0n) is 13.8. The summed E-state index contributed by atoms with van der Waals surface area (Å²) in [5, 5.41) is 12.2. The highest BCUT2D eigenvalue weighted by Crippen LogP contribution is 2.23. The third kappa shape index (κ3) is 6.04. The number of nitrogens with zero attached hydrogens (tertiary/aromatic N) is 1. The molecule has 1 saturated heterocycles. The van der Waals surface area contributed by atoms with Crippen LogP contribution in [0.4, 0.5) is 0 Å². The highest BCUT2D eigenvalue weighted by molar-refractivity contribution is 5.80. The van der Waals surface area contributed by atoms with Gasteiger partial charge in [-0.3, -0.25) is 14.5 Å². The maximum atomic E-state index is 12.0. The third-order valence-electron chi connectivity index (χ3n) is 4.23. The summed E-state index contributed by atoms with van der Waals surface area (Å²) in [5.74, 6) is -0.0840. The molecule has 5 nitrogen and oxygen atoms in total. The molecule has 2 N–H and O–H groups in total. The maximum absolute atomic E-state index is 12.0. The van der Waals surface area contributed by atoms with Crippen molar-refractivity contribution in [2.75, 3.05) is 13.1 Å². The van der Waals surface area contributed by atoms with Gasteiger partial charge in [-0.15, -0.1) is 0 Å². The summed E-state index contributed by atoms with van der Waals surface area (Å²) < 4.78 is 0. The van der Waals surface area contributed by atoms with Crippen LogP contribution in [0.1, 0.15) is 53.4 Å². The molecule has 0 aliphatic carbocycles. The minimum absolute atomic E-state index is 0.0626. The number of amides is 1. The Labute approximate surface area is 128 Å². The minimum Gasteiger partial charge on any atom is -0.480 e. The van der Waals surface area contributed by atoms with E-state index in [2.05, 4.69) is 19.2 Å². The number of carbonyl (C=O) groups is 2. The van der Waals surface area contributed by atoms with E-state index in [1.165, 1.54) is 6.42 Å². The van der Waals surface area contributed by atoms with Crippen molar-refractivity contribution in [3.63, 3.8) is 0 Å². The average molecular weight is 298 g/mol. The first-order valence-corrected chi connectivity index (χ1v) is 8.07. The number of likely N-dealkylation sites (tertiary alicyclic amines) is 1. The number of carbonyl (C=O) groups excluding carboxylic acids is 1. The van der Waals surface area contributed by atoms with Crippen LogP contribution in [0.25, 0.3) is 0 Å². The molecule has 1 heterocycles. The lowest BCUT2D eigenvalue weighted by Crippen LogP contribution is -2.46. The van der Waals surface area contributed by atoms with Gasteiger partial charge in [-0.05, 0) is 38.1 Å². The first-order valence-electron chi connectivity index (χ1n) is 8.07. The number of rotatable bonds is 8. The van der Waals surface area contributed by atoms with Gasteiger partial charge in [-0.1, -0.05) is 33.6 Å². The number of aliphatic carboxylic acids is 1. The monoisotopic (exact) mass is 298 g/mol. The second kappa shape index (κ2) is 8.37. The molecule has 1 fully saturated rings. The van der Waals surface area contributed by atoms with Crippen molar-refractivity contribution in [2.45, 2.75) is 65.5 Å². The molecule has 21 heavy (non-hydrogen) atoms. The summed E-state index contributed by atoms with van der Waals surface area (Å²) in [5.41, 5.74) is 0. The zero-order valence-corrected chi connectivity index (χ0v) is 13.8. The molecule has 0 aromatic heterocycles. The normalized spacial score (nSPS) is 24.2. The predicted octanol–water partition coefficient (Wildman–Crippen LogP) is 2.11. The lowest BCUT2D eigenvalue weighted by atomic mass is 10.0. The van der Waals surface area contributed by atoms with Crippen LogP contribution in [0.5, 0.6) is 0 Å². The third-order valence-corrected chi connectivity index (χ3v) is 4.23. The van der Waals surface area contributed by atoms with Gasteiger partial charge in [0.05, 0.1) is 6.54 Å². The molecule has 0 aromatic rings. The number of nitrogens with one attached hydrogen (secondary N) is 1. The van der Waals surface area contributed by atoms with Crippen molar-refractivity contribution in [1.82, 2.24) is 10.2 Å². The molecular weight excluding hydrogens is 268 g/mol. The van der Waals surface area contributed by atoms with Gasteiger partial charge in [-0.25, -0.2) is 0 Å². The molecule has 0 radical (unpaired) electrons. The molecule has 1 aliphatic rings. The van der Waals surface area contributed by atoms with E-state index in [1.54, 1.807) is 4.90 Å². The van der Waals surface area contributed by atoms with Crippen LogP contribution in [-0.2, 0) is 9.59 Å². The summed E-state index contributed by atoms with van der Waals surface area (Å²) in [6, 6.07) is -0.369. The van der Waals surface area contributed by atoms with Crippen LogP contribution in [0.2, 0.25) is 0 Å². The lowest BCUT2D eigenvalue weighted by Gasteiger charge is -2.23. The molecule has 3 atom stereocenters. The molecule has 0 saturated carbocycles. The van der Waals surface area contributed by atoms with Crippen molar-refractivity contribution in [1.29, 1.82) is 0 Å². The Morgan fingerprint density at radius 2 is 1.95 bits per heavy atom. The van der Waals surface area contributed by atoms with E-state index < -0.39 is 12.0 Å². The molecular formula is C16H30N2O3. The van der Waals surface area contributed by atoms with E-state index in [-0.39, 0.29) is 24.4 Å². The Kier molecular flexibility index (Phi) is 7.15. The van der Waals surface area contributed by atoms with Crippen molar-refractivity contribution in [2.24, 2.45) is 11.8 Å². The number of carboxylic acids is 1. The van der Waals surface area contributed by atoms with Gasteiger partial charge in [0.15, 0.2) is 0 Å². The van der Waals surface area contributed by atoms with Gasteiger partial charge in [0, 0.05) is 6.04 Å². The largest absolute Gasteiger partial charge is 0.480 e. The topological polar surface area (TPSA) is 69.6 Å². The van der Waals surface area contributed by atoms with Crippen molar-refractivity contribution in [3.8, 4) is 0 Å². The first-order chi connectivity index (χ1) is 9.81. The Hall–Kier alpha value is -1.10. The van der Waals surface area contributed by atoms with Crippen LogP contribution >= 0.6 is 0 Å². The van der Waals surface area contributed by atoms with Crippen LogP contribution in [0.15, 0.2) is 0 Å². The maximum Gasteiger partial charge on any atom is 0.321 e. The van der Waals surface area contributed by atoms with Gasteiger partial charge >= 0.3 is 5.97 Å². The molecule has 1 amide bonds. The van der Waals surface area contributed by atoms with Crippen molar-refractivity contribution >= 4 is 11.9 Å². The van der Waals surface area contributed by atoms with E-state index in [9.17, 15) is 14.7 Å². The second-order valence-electron chi connectivity index (χ2n) is 6.81. The summed E-state index contributed by atoms with van der Waals surface area (Å²) >= 11 is 0. The molecule has 0 spiro atoms. The van der Waals surface area contributed by atoms with Crippen LogP contribution in [-0.4, -0.2) is 47.1 Å². The smallest absolute Gasteiger partial charge is 0.321 e. The molecule has 0 aromatic carbocycles. The molecule has 1 aliphatic heterocycles. The fraction of sp³-hybridized carbons (Fsp3) is 0.875. The van der Waals surface area contributed by atoms with Gasteiger partial charge in [-0.2, -0.15) is 0 Å². The van der Waals surface area contributed by atoms with Crippen molar-refractivity contribution < 1.29 is 14.7 Å². The number of hydrogen-bond donors (Lipinski definition) is 2. The molecule has 5 heteroatoms. The summed E-state index contributed by atoms with van der Waals surface area (Å²) in [4.78, 5) is 25.1. The molecule has 0 bridgehead atoms. The predicted molar refractivity (Wildman–Crippen MR) is 83.1 cm³/mol. The van der Waals surface area contributed by atoms with E-state index in [4.69, 9.17) is 0 Å². The highest BCUT2D eigenvalue weighted by Gasteiger charge is 2.37. The molecule has 3 unspecified atom stereocenters. The van der Waals surface area contributed by atoms with E-state index in [0.717, 1.165) is 19.3 Å². The fourth-order valence-electron chi connectivity index (χ4n) is 3.01. The number of hydrogen-bond acceptors (Lipinski definition) is 3. The Bertz CT molecular complexity index is 357. The fourth-order valence-corrected chi connectivity index (χ4v) is 3.01. The Balaban J connectivity index is 2.34. The lowest BCUT2D eigenvalue weighted by molar-refractivity contribution is -0.143. The van der Waals surface area contributed by atoms with Gasteiger partial charge in [0.1, 0.15) is 6.04 Å². The Morgan fingerprint density at radius 3 is 2.52 bits per heavy atom. The van der Waals surface area contributed by atoms with Crippen LogP contribution in [0, 0.1) is 11.8 Å². The van der Waals surface area contributed by atoms with E-state index in [1.807, 2.05) is 13.8 Å². The van der Waals surface area contributed by atoms with Crippen LogP contribution < -0.4 is 5.32 Å². The molecule has 1 rings (SSSR count). The number of carboxylic acid groups (broad SMARTS) is 1. The quantitative estimate of drug-likeness (QED) is 0.720. The summed E-state index contributed by atoms with van der Waals surface area (Å²) in [7, 11) is 0. The Morgan fingerprint density at radius 1 is 1.29 bits per heavy atom. The SMILES string of the molecule is CC(C)CCCC(C)NC(=O)CN1CCC(C)C1C(=O)O. The van der Waals surface area contributed by atoms with E-state index in [0.29, 0.717) is 12.5 Å². The first kappa shape index (κ1) is 18.0. The minimum atomic E-state index is -0.821. The van der Waals surface area contributed by atoms with E-state index >= 15 is 0 Å². The van der Waals surface area contributed by atoms with Crippen LogP contribution in [0.3, 0.4) is 0 Å².